The van der Waals surface area contributed by atoms with E-state index in [4.69, 9.17) is 9.15 Å². The number of aliphatic hydroxyl groups excluding tert-OH is 1. The lowest BCUT2D eigenvalue weighted by atomic mass is 10.0. The summed E-state index contributed by atoms with van der Waals surface area (Å²) in [5, 5.41) is 11.3. The Morgan fingerprint density at radius 1 is 1.31 bits per heavy atom. The first-order chi connectivity index (χ1) is 16.9. The molecule has 2 unspecified atom stereocenters. The van der Waals surface area contributed by atoms with E-state index in [0.717, 1.165) is 0 Å². The number of aliphatic hydroxyl groups is 1. The van der Waals surface area contributed by atoms with E-state index in [9.17, 15) is 19.1 Å². The van der Waals surface area contributed by atoms with Crippen molar-refractivity contribution in [3.63, 3.8) is 0 Å². The molecule has 9 nitrogen and oxygen atoms in total. The molecule has 0 aliphatic carbocycles. The van der Waals surface area contributed by atoms with Gasteiger partial charge >= 0.3 is 5.69 Å². The summed E-state index contributed by atoms with van der Waals surface area (Å²) in [6, 6.07) is 5.59. The summed E-state index contributed by atoms with van der Waals surface area (Å²) < 4.78 is 28.4. The van der Waals surface area contributed by atoms with E-state index < -0.39 is 17.5 Å². The molecule has 6 rings (SSSR count). The lowest BCUT2D eigenvalue weighted by molar-refractivity contribution is -0.126. The van der Waals surface area contributed by atoms with Crippen LogP contribution in [0.2, 0.25) is 0 Å². The number of hydrogen-bond acceptors (Lipinski definition) is 7. The van der Waals surface area contributed by atoms with Crippen LogP contribution in [0.3, 0.4) is 0 Å². The second-order valence-electron chi connectivity index (χ2n) is 8.96. The molecule has 2 aromatic heterocycles. The molecule has 2 atom stereocenters. The van der Waals surface area contributed by atoms with Crippen molar-refractivity contribution in [2.75, 3.05) is 37.7 Å². The van der Waals surface area contributed by atoms with Gasteiger partial charge in [0, 0.05) is 31.1 Å². The van der Waals surface area contributed by atoms with Crippen molar-refractivity contribution in [2.45, 2.75) is 19.0 Å². The fraction of sp³-hybridized carbons (Fsp3) is 0.320. The second-order valence-corrected chi connectivity index (χ2v) is 8.96. The largest absolute Gasteiger partial charge is 0.488 e. The van der Waals surface area contributed by atoms with Gasteiger partial charge in [-0.25, -0.2) is 9.18 Å². The third kappa shape index (κ3) is 3.06. The second kappa shape index (κ2) is 7.81. The zero-order chi connectivity index (χ0) is 24.4. The van der Waals surface area contributed by atoms with Gasteiger partial charge in [-0.1, -0.05) is 12.6 Å². The monoisotopic (exact) mass is 478 g/mol. The predicted octanol–water partition coefficient (Wildman–Crippen LogP) is 2.58. The van der Waals surface area contributed by atoms with Gasteiger partial charge in [-0.3, -0.25) is 9.36 Å². The van der Waals surface area contributed by atoms with Crippen LogP contribution in [0, 0.1) is 5.82 Å². The summed E-state index contributed by atoms with van der Waals surface area (Å²) in [6.07, 6.45) is 1.29. The molecule has 10 heteroatoms. The number of fused-ring (bicyclic) bond motifs is 4. The van der Waals surface area contributed by atoms with Crippen LogP contribution in [-0.2, 0) is 4.79 Å². The number of benzene rings is 2. The van der Waals surface area contributed by atoms with Gasteiger partial charge in [0.15, 0.2) is 5.75 Å². The van der Waals surface area contributed by atoms with Gasteiger partial charge in [0.25, 0.3) is 0 Å². The molecule has 1 amide bonds. The Morgan fingerprint density at radius 3 is 2.89 bits per heavy atom. The first-order valence-electron chi connectivity index (χ1n) is 11.4. The first-order valence-corrected chi connectivity index (χ1v) is 11.4. The highest BCUT2D eigenvalue weighted by Crippen LogP contribution is 2.45. The Kier molecular flexibility index (Phi) is 4.82. The topological polar surface area (TPSA) is 101 Å². The van der Waals surface area contributed by atoms with Crippen molar-refractivity contribution < 1.29 is 23.4 Å². The van der Waals surface area contributed by atoms with Gasteiger partial charge in [-0.05, 0) is 31.2 Å². The van der Waals surface area contributed by atoms with E-state index in [1.54, 1.807) is 23.1 Å². The van der Waals surface area contributed by atoms with E-state index in [1.165, 1.54) is 16.7 Å². The number of hydrogen-bond donors (Lipinski definition) is 1. The molecule has 4 aromatic rings. The summed E-state index contributed by atoms with van der Waals surface area (Å²) in [5.41, 5.74) is 0.699. The number of furan rings is 1. The van der Waals surface area contributed by atoms with Gasteiger partial charge in [-0.2, -0.15) is 4.98 Å². The van der Waals surface area contributed by atoms with Gasteiger partial charge in [-0.15, -0.1) is 0 Å². The number of nitrogens with zero attached hydrogens (tertiary/aromatic N) is 4. The van der Waals surface area contributed by atoms with Gasteiger partial charge < -0.3 is 24.1 Å². The van der Waals surface area contributed by atoms with Crippen LogP contribution in [0.4, 0.5) is 10.2 Å². The quantitative estimate of drug-likeness (QED) is 0.452. The average Bonchev–Trinajstić information content (AvgIpc) is 3.25. The number of rotatable bonds is 3. The maximum absolute atomic E-state index is 14.9. The number of carbonyl (C=O) groups excluding carboxylic acids is 1. The smallest absolute Gasteiger partial charge is 0.350 e. The summed E-state index contributed by atoms with van der Waals surface area (Å²) in [4.78, 5) is 33.5. The van der Waals surface area contributed by atoms with E-state index in [2.05, 4.69) is 11.6 Å². The zero-order valence-corrected chi connectivity index (χ0v) is 19.0. The molecule has 0 radical (unpaired) electrons. The van der Waals surface area contributed by atoms with Crippen LogP contribution in [0.15, 0.2) is 46.1 Å². The Balaban J connectivity index is 1.64. The number of aromatic nitrogens is 2. The van der Waals surface area contributed by atoms with E-state index in [0.29, 0.717) is 58.7 Å². The molecule has 0 bridgehead atoms. The fourth-order valence-corrected chi connectivity index (χ4v) is 5.29. The average molecular weight is 478 g/mol. The fourth-order valence-electron chi connectivity index (χ4n) is 5.29. The number of anilines is 1. The lowest BCUT2D eigenvalue weighted by Gasteiger charge is -2.41. The molecule has 1 saturated heterocycles. The normalized spacial score (nSPS) is 20.0. The Bertz CT molecular complexity index is 1590. The number of halogens is 1. The van der Waals surface area contributed by atoms with Crippen molar-refractivity contribution >= 4 is 44.6 Å². The van der Waals surface area contributed by atoms with Gasteiger partial charge in [0.2, 0.25) is 5.91 Å². The van der Waals surface area contributed by atoms with Crippen molar-refractivity contribution in [1.29, 1.82) is 0 Å². The van der Waals surface area contributed by atoms with Crippen LogP contribution in [0.25, 0.3) is 32.8 Å². The van der Waals surface area contributed by atoms with E-state index >= 15 is 0 Å². The standard InChI is InChI=1S/C25H23FN4O5/c1-3-19(32)28-7-8-29(13(2)10-28)24-15-9-18-21(20-16(26)5-4-6-17(20)35-18)23-22(15)30(25(33)27-24)14(11-31)12-34-23/h3-6,9,13-14,31H,1,7-8,10-12H2,2H3. The highest BCUT2D eigenvalue weighted by Gasteiger charge is 2.34. The summed E-state index contributed by atoms with van der Waals surface area (Å²) in [6.45, 7) is 6.59. The Morgan fingerprint density at radius 2 is 2.14 bits per heavy atom. The van der Waals surface area contributed by atoms with Crippen molar-refractivity contribution in [3.8, 4) is 5.75 Å². The molecule has 180 valence electrons. The minimum Gasteiger partial charge on any atom is -0.488 e. The van der Waals surface area contributed by atoms with E-state index in [-0.39, 0.29) is 30.5 Å². The molecule has 1 fully saturated rings. The summed E-state index contributed by atoms with van der Waals surface area (Å²) >= 11 is 0. The van der Waals surface area contributed by atoms with Crippen molar-refractivity contribution in [2.24, 2.45) is 0 Å². The van der Waals surface area contributed by atoms with E-state index in [1.807, 2.05) is 11.8 Å². The molecule has 0 saturated carbocycles. The molecule has 2 aliphatic heterocycles. The number of ether oxygens (including phenoxy) is 1. The van der Waals surface area contributed by atoms with Crippen LogP contribution >= 0.6 is 0 Å². The summed E-state index contributed by atoms with van der Waals surface area (Å²) in [5.74, 6) is 0.168. The first kappa shape index (κ1) is 21.6. The Hall–Kier alpha value is -3.92. The maximum Gasteiger partial charge on any atom is 0.350 e. The molecule has 2 aliphatic rings. The molecule has 0 spiro atoms. The molecule has 2 aromatic carbocycles. The van der Waals surface area contributed by atoms with Crippen molar-refractivity contribution in [1.82, 2.24) is 14.5 Å². The van der Waals surface area contributed by atoms with Crippen molar-refractivity contribution in [3.05, 3.63) is 53.2 Å². The molecule has 35 heavy (non-hydrogen) atoms. The van der Waals surface area contributed by atoms with Crippen LogP contribution in [0.5, 0.6) is 5.75 Å². The number of amides is 1. The molecule has 1 N–H and O–H groups in total. The SMILES string of the molecule is C=CC(=O)N1CCN(c2nc(=O)n3c4c(c5c(cc24)oc2cccc(F)c25)OCC3CO)C(C)C1. The number of piperazine rings is 1. The molecule has 4 heterocycles. The minimum atomic E-state index is -0.626. The molecular formula is C25H23FN4O5. The highest BCUT2D eigenvalue weighted by atomic mass is 19.1. The number of carbonyl (C=O) groups is 1. The third-order valence-corrected chi connectivity index (χ3v) is 6.94. The lowest BCUT2D eigenvalue weighted by Crippen LogP contribution is -2.54. The summed E-state index contributed by atoms with van der Waals surface area (Å²) in [7, 11) is 0. The maximum atomic E-state index is 14.9. The van der Waals surface area contributed by atoms with Crippen LogP contribution in [-0.4, -0.2) is 64.4 Å². The Labute approximate surface area is 198 Å². The van der Waals surface area contributed by atoms with Crippen LogP contribution < -0.4 is 15.3 Å². The van der Waals surface area contributed by atoms with Gasteiger partial charge in [0.1, 0.15) is 34.9 Å². The molecular weight excluding hydrogens is 455 g/mol. The van der Waals surface area contributed by atoms with Gasteiger partial charge in [0.05, 0.1) is 23.4 Å². The highest BCUT2D eigenvalue weighted by molar-refractivity contribution is 6.16. The third-order valence-electron chi connectivity index (χ3n) is 6.94. The zero-order valence-electron chi connectivity index (χ0n) is 19.0. The predicted molar refractivity (Wildman–Crippen MR) is 128 cm³/mol. The minimum absolute atomic E-state index is 0.0402. The van der Waals surface area contributed by atoms with Crippen LogP contribution in [0.1, 0.15) is 13.0 Å².